The van der Waals surface area contributed by atoms with Gasteiger partial charge in [0.25, 0.3) is 5.69 Å². The Bertz CT molecular complexity index is 679. The highest BCUT2D eigenvalue weighted by Crippen LogP contribution is 2.29. The number of ether oxygens (including phenoxy) is 1. The first-order chi connectivity index (χ1) is 10.0. The summed E-state index contributed by atoms with van der Waals surface area (Å²) < 4.78 is 7.07. The molecule has 0 bridgehead atoms. The lowest BCUT2D eigenvalue weighted by Gasteiger charge is -2.09. The summed E-state index contributed by atoms with van der Waals surface area (Å²) >= 11 is 12.4. The van der Waals surface area contributed by atoms with Crippen molar-refractivity contribution in [1.29, 1.82) is 0 Å². The Morgan fingerprint density at radius 1 is 1.19 bits per heavy atom. The van der Waals surface area contributed by atoms with Crippen molar-refractivity contribution >= 4 is 49.1 Å². The number of rotatable bonds is 5. The molecule has 0 heterocycles. The van der Waals surface area contributed by atoms with Crippen molar-refractivity contribution in [3.05, 3.63) is 66.6 Å². The molecule has 0 atom stereocenters. The molecule has 0 saturated carbocycles. The van der Waals surface area contributed by atoms with Crippen LogP contribution in [0.5, 0.6) is 5.75 Å². The third-order valence-corrected chi connectivity index (χ3v) is 4.20. The maximum absolute atomic E-state index is 11.0. The van der Waals surface area contributed by atoms with Crippen molar-refractivity contribution in [3.63, 3.8) is 0 Å². The van der Waals surface area contributed by atoms with Gasteiger partial charge in [0.15, 0.2) is 0 Å². The second kappa shape index (κ2) is 7.24. The summed E-state index contributed by atoms with van der Waals surface area (Å²) in [7, 11) is 0. The molecule has 0 saturated heterocycles. The third kappa shape index (κ3) is 4.18. The van der Waals surface area contributed by atoms with E-state index in [2.05, 4.69) is 31.9 Å². The summed E-state index contributed by atoms with van der Waals surface area (Å²) in [6.07, 6.45) is 0. The fraction of sp³-hybridized carbons (Fsp3) is 0.143. The monoisotopic (exact) mass is 433 g/mol. The molecule has 4 nitrogen and oxygen atoms in total. The summed E-state index contributed by atoms with van der Waals surface area (Å²) in [6, 6.07) is 10.4. The molecule has 0 fully saturated rings. The number of alkyl halides is 1. The minimum Gasteiger partial charge on any atom is -0.487 e. The molecule has 0 radical (unpaired) electrons. The fourth-order valence-electron chi connectivity index (χ4n) is 1.73. The molecule has 0 N–H and O–H groups in total. The smallest absolute Gasteiger partial charge is 0.277 e. The average molecular weight is 435 g/mol. The summed E-state index contributed by atoms with van der Waals surface area (Å²) in [5.74, 6) is 1.03. The van der Waals surface area contributed by atoms with E-state index in [1.165, 1.54) is 6.07 Å². The molecule has 110 valence electrons. The van der Waals surface area contributed by atoms with Crippen LogP contribution in [0.4, 0.5) is 5.69 Å². The highest BCUT2D eigenvalue weighted by atomic mass is 79.9. The molecule has 21 heavy (non-hydrogen) atoms. The average Bonchev–Trinajstić information content (AvgIpc) is 2.46. The first-order valence-corrected chi connectivity index (χ1v) is 8.03. The molecule has 0 amide bonds. The minimum atomic E-state index is -0.422. The SMILES string of the molecule is O=[N+]([O-])c1cc(Br)ccc1COc1ccc(CCl)cc1Br. The second-order valence-corrected chi connectivity index (χ2v) is 6.25. The Morgan fingerprint density at radius 2 is 1.95 bits per heavy atom. The van der Waals surface area contributed by atoms with E-state index in [0.29, 0.717) is 21.7 Å². The Morgan fingerprint density at radius 3 is 2.57 bits per heavy atom. The molecule has 0 aliphatic rings. The van der Waals surface area contributed by atoms with Crippen LogP contribution < -0.4 is 4.74 Å². The summed E-state index contributed by atoms with van der Waals surface area (Å²) in [5.41, 5.74) is 1.50. The van der Waals surface area contributed by atoms with Crippen LogP contribution in [-0.2, 0) is 12.5 Å². The predicted molar refractivity (Wildman–Crippen MR) is 88.8 cm³/mol. The van der Waals surface area contributed by atoms with Crippen molar-refractivity contribution in [3.8, 4) is 5.75 Å². The van der Waals surface area contributed by atoms with E-state index in [1.54, 1.807) is 18.2 Å². The Balaban J connectivity index is 2.18. The summed E-state index contributed by atoms with van der Waals surface area (Å²) in [6.45, 7) is 0.114. The van der Waals surface area contributed by atoms with E-state index in [0.717, 1.165) is 10.0 Å². The second-order valence-electron chi connectivity index (χ2n) is 4.22. The van der Waals surface area contributed by atoms with Gasteiger partial charge in [-0.05, 0) is 45.8 Å². The van der Waals surface area contributed by atoms with Crippen LogP contribution in [0.2, 0.25) is 0 Å². The molecule has 0 spiro atoms. The van der Waals surface area contributed by atoms with Crippen LogP contribution in [-0.4, -0.2) is 4.92 Å². The Hall–Kier alpha value is -1.11. The minimum absolute atomic E-state index is 0.0258. The van der Waals surface area contributed by atoms with E-state index >= 15 is 0 Å². The molecule has 0 aliphatic carbocycles. The summed E-state index contributed by atoms with van der Waals surface area (Å²) in [5, 5.41) is 11.0. The number of halogens is 3. The molecule has 7 heteroatoms. The van der Waals surface area contributed by atoms with E-state index in [1.807, 2.05) is 12.1 Å². The Kier molecular flexibility index (Phi) is 5.61. The summed E-state index contributed by atoms with van der Waals surface area (Å²) in [4.78, 5) is 10.6. The van der Waals surface area contributed by atoms with Gasteiger partial charge in [0.1, 0.15) is 12.4 Å². The largest absolute Gasteiger partial charge is 0.487 e. The van der Waals surface area contributed by atoms with Gasteiger partial charge in [-0.2, -0.15) is 0 Å². The standard InChI is InChI=1S/C14H10Br2ClNO3/c15-11-3-2-10(13(6-11)18(19)20)8-21-14-4-1-9(7-17)5-12(14)16/h1-6H,7-8H2. The number of nitro groups is 1. The molecular weight excluding hydrogens is 425 g/mol. The van der Waals surface area contributed by atoms with Gasteiger partial charge in [-0.1, -0.05) is 22.0 Å². The quantitative estimate of drug-likeness (QED) is 0.357. The van der Waals surface area contributed by atoms with Crippen LogP contribution >= 0.6 is 43.5 Å². The van der Waals surface area contributed by atoms with Gasteiger partial charge in [0.05, 0.1) is 15.0 Å². The predicted octanol–water partition coefficient (Wildman–Crippen LogP) is 5.44. The first kappa shape index (κ1) is 16.3. The van der Waals surface area contributed by atoms with Crippen molar-refractivity contribution in [1.82, 2.24) is 0 Å². The topological polar surface area (TPSA) is 52.4 Å². The van der Waals surface area contributed by atoms with E-state index in [4.69, 9.17) is 16.3 Å². The maximum atomic E-state index is 11.0. The molecular formula is C14H10Br2ClNO3. The van der Waals surface area contributed by atoms with Crippen molar-refractivity contribution in [2.24, 2.45) is 0 Å². The lowest BCUT2D eigenvalue weighted by Crippen LogP contribution is -2.01. The highest BCUT2D eigenvalue weighted by molar-refractivity contribution is 9.10. The van der Waals surface area contributed by atoms with Gasteiger partial charge >= 0.3 is 0 Å². The van der Waals surface area contributed by atoms with Gasteiger partial charge in [-0.3, -0.25) is 10.1 Å². The van der Waals surface area contributed by atoms with Crippen LogP contribution in [0.25, 0.3) is 0 Å². The van der Waals surface area contributed by atoms with Crippen molar-refractivity contribution < 1.29 is 9.66 Å². The van der Waals surface area contributed by atoms with E-state index < -0.39 is 4.92 Å². The van der Waals surface area contributed by atoms with Gasteiger partial charge < -0.3 is 4.74 Å². The normalized spacial score (nSPS) is 10.4. The number of hydrogen-bond acceptors (Lipinski definition) is 3. The molecule has 2 aromatic rings. The molecule has 0 aromatic heterocycles. The Labute approximate surface area is 143 Å². The zero-order valence-corrected chi connectivity index (χ0v) is 14.6. The first-order valence-electron chi connectivity index (χ1n) is 5.91. The molecule has 0 unspecified atom stereocenters. The van der Waals surface area contributed by atoms with Crippen molar-refractivity contribution in [2.75, 3.05) is 0 Å². The lowest BCUT2D eigenvalue weighted by atomic mass is 10.2. The zero-order valence-electron chi connectivity index (χ0n) is 10.7. The molecule has 0 aliphatic heterocycles. The number of nitrogens with zero attached hydrogens (tertiary/aromatic N) is 1. The number of hydrogen-bond donors (Lipinski definition) is 0. The van der Waals surface area contributed by atoms with Crippen LogP contribution in [0.1, 0.15) is 11.1 Å². The number of benzene rings is 2. The van der Waals surface area contributed by atoms with Crippen molar-refractivity contribution in [2.45, 2.75) is 12.5 Å². The molecule has 2 aromatic carbocycles. The van der Waals surface area contributed by atoms with Crippen LogP contribution in [0.15, 0.2) is 45.3 Å². The zero-order chi connectivity index (χ0) is 15.4. The number of nitro benzene ring substituents is 1. The van der Waals surface area contributed by atoms with E-state index in [-0.39, 0.29) is 12.3 Å². The van der Waals surface area contributed by atoms with Gasteiger partial charge in [-0.15, -0.1) is 11.6 Å². The van der Waals surface area contributed by atoms with Crippen LogP contribution in [0, 0.1) is 10.1 Å². The van der Waals surface area contributed by atoms with E-state index in [9.17, 15) is 10.1 Å². The highest BCUT2D eigenvalue weighted by Gasteiger charge is 2.15. The van der Waals surface area contributed by atoms with Crippen LogP contribution in [0.3, 0.4) is 0 Å². The third-order valence-electron chi connectivity index (χ3n) is 2.78. The van der Waals surface area contributed by atoms with Gasteiger partial charge in [0.2, 0.25) is 0 Å². The molecule has 2 rings (SSSR count). The van der Waals surface area contributed by atoms with Gasteiger partial charge in [0, 0.05) is 16.4 Å². The van der Waals surface area contributed by atoms with Gasteiger partial charge in [-0.25, -0.2) is 0 Å². The lowest BCUT2D eigenvalue weighted by molar-refractivity contribution is -0.385. The fourth-order valence-corrected chi connectivity index (χ4v) is 2.78. The maximum Gasteiger partial charge on any atom is 0.277 e.